The predicted octanol–water partition coefficient (Wildman–Crippen LogP) is 17.0. The lowest BCUT2D eigenvalue weighted by molar-refractivity contribution is 0.0341. The Hall–Kier alpha value is -5.89. The first-order valence-corrected chi connectivity index (χ1v) is 31.3. The van der Waals surface area contributed by atoms with Gasteiger partial charge in [0.2, 0.25) is 0 Å². The van der Waals surface area contributed by atoms with E-state index in [0.29, 0.717) is 118 Å². The molecule has 0 N–H and O–H groups in total. The molecule has 2 spiro atoms. The quantitative estimate of drug-likeness (QED) is 0.137. The number of fused-ring (bicyclic) bond motifs is 3. The minimum absolute atomic E-state index is 0.00214. The maximum absolute atomic E-state index is 3.03. The maximum atomic E-state index is 3.03. The molecule has 1 heteroatoms. The van der Waals surface area contributed by atoms with Gasteiger partial charge in [-0.3, -0.25) is 0 Å². The van der Waals surface area contributed by atoms with Crippen LogP contribution in [0.25, 0.3) is 108 Å². The normalized spacial score (nSPS) is 45.9. The van der Waals surface area contributed by atoms with E-state index < -0.39 is 0 Å². The molecule has 0 amide bonds. The molecule has 0 nitrogen and oxygen atoms in total. The third-order valence-electron chi connectivity index (χ3n) is 32.0. The van der Waals surface area contributed by atoms with Crippen LogP contribution in [0.5, 0.6) is 0 Å². The molecule has 12 aromatic rings. The Bertz CT molecular complexity index is 5910. The molecule has 22 atom stereocenters. The predicted molar refractivity (Wildman–Crippen MR) is 293 cm³/mol. The summed E-state index contributed by atoms with van der Waals surface area (Å²) < 4.78 is 0.00214. The molecule has 0 saturated heterocycles. The van der Waals surface area contributed by atoms with Gasteiger partial charge in [0.05, 0.1) is 4.75 Å². The Morgan fingerprint density at radius 1 is 0.333 bits per heavy atom. The molecule has 0 radical (unpaired) electrons. The van der Waals surface area contributed by atoms with Crippen LogP contribution in [0, 0.1) is 11.8 Å². The zero-order chi connectivity index (χ0) is 45.1. The number of thioether (sulfide) groups is 1. The fourth-order valence-electron chi connectivity index (χ4n) is 33.2. The number of hydrogen-bond donors (Lipinski definition) is 0. The molecule has 23 aliphatic rings. The number of hydrogen-bond acceptors (Lipinski definition) is 1. The van der Waals surface area contributed by atoms with Crippen LogP contribution < -0.4 is 0 Å². The van der Waals surface area contributed by atoms with Gasteiger partial charge in [0.25, 0.3) is 0 Å². The van der Waals surface area contributed by atoms with Crippen molar-refractivity contribution in [2.24, 2.45) is 11.8 Å². The smallest absolute Gasteiger partial charge is 0.0645 e. The maximum Gasteiger partial charge on any atom is 0.0645 e. The Kier molecular flexibility index (Phi) is 2.93. The first-order valence-electron chi connectivity index (χ1n) is 30.5. The first-order chi connectivity index (χ1) is 37.0. The van der Waals surface area contributed by atoms with Gasteiger partial charge in [-0.1, -0.05) is 51.1 Å². The van der Waals surface area contributed by atoms with Gasteiger partial charge in [-0.25, -0.2) is 0 Å². The fraction of sp³-hybridized carbons (Fsp3) is 0.351. The zero-order valence-electron chi connectivity index (χ0n) is 40.8. The molecule has 1 heterocycles. The van der Waals surface area contributed by atoms with Crippen molar-refractivity contribution in [1.82, 2.24) is 0 Å². The van der Waals surface area contributed by atoms with Crippen LogP contribution in [-0.2, 0) is 15.6 Å². The summed E-state index contributed by atoms with van der Waals surface area (Å²) in [5, 5.41) is 33.9. The van der Waals surface area contributed by atoms with Crippen LogP contribution in [0.1, 0.15) is 250 Å². The minimum atomic E-state index is -0.0371. The van der Waals surface area contributed by atoms with Gasteiger partial charge in [0.1, 0.15) is 0 Å². The summed E-state index contributed by atoms with van der Waals surface area (Å²) in [6.45, 7) is 7.72. The van der Waals surface area contributed by atoms with Crippen molar-refractivity contribution in [2.75, 3.05) is 0 Å². The summed E-state index contributed by atoms with van der Waals surface area (Å²) >= 11 is 2.61. The van der Waals surface area contributed by atoms with E-state index in [4.69, 9.17) is 0 Å². The van der Waals surface area contributed by atoms with Crippen molar-refractivity contribution >= 4 is 109 Å². The second-order valence-electron chi connectivity index (χ2n) is 32.2. The average molecular weight is 955 g/mol. The Morgan fingerprint density at radius 2 is 0.653 bits per heavy atom. The topological polar surface area (TPSA) is 0 Å². The van der Waals surface area contributed by atoms with Crippen LogP contribution in [0.15, 0.2) is 35.2 Å². The Labute approximate surface area is 429 Å². The molecule has 1 fully saturated rings. The van der Waals surface area contributed by atoms with E-state index in [0.717, 1.165) is 0 Å². The van der Waals surface area contributed by atoms with Crippen LogP contribution in [0.4, 0.5) is 0 Å². The Morgan fingerprint density at radius 3 is 1.11 bits per heavy atom. The zero-order valence-corrected chi connectivity index (χ0v) is 41.7. The highest BCUT2D eigenvalue weighted by atomic mass is 32.2. The van der Waals surface area contributed by atoms with Crippen molar-refractivity contribution in [3.8, 4) is 11.1 Å². The summed E-state index contributed by atoms with van der Waals surface area (Å²) in [6.07, 6.45) is 0. The van der Waals surface area contributed by atoms with E-state index in [1.54, 1.807) is 21.2 Å². The lowest BCUT2D eigenvalue weighted by atomic mass is 9.39. The second kappa shape index (κ2) is 7.15. The van der Waals surface area contributed by atoms with E-state index in [2.05, 4.69) is 74.0 Å². The molecular weight excluding hydrogens is 921 g/mol. The number of benzene rings is 11. The van der Waals surface area contributed by atoms with Crippen LogP contribution in [0.3, 0.4) is 0 Å². The molecular formula is C74H34S. The number of rotatable bonds is 0. The van der Waals surface area contributed by atoms with E-state index in [9.17, 15) is 0 Å². The van der Waals surface area contributed by atoms with Gasteiger partial charge in [-0.05, 0) is 354 Å². The molecule has 22 unspecified atom stereocenters. The summed E-state index contributed by atoms with van der Waals surface area (Å²) in [6, 6.07) is 13.1. The highest BCUT2D eigenvalue weighted by Gasteiger charge is 2.89. The van der Waals surface area contributed by atoms with Crippen molar-refractivity contribution in [3.05, 3.63) is 153 Å². The van der Waals surface area contributed by atoms with Gasteiger partial charge in [-0.15, -0.1) is 11.8 Å². The van der Waals surface area contributed by atoms with Gasteiger partial charge >= 0.3 is 0 Å². The Balaban J connectivity index is 0.981. The van der Waals surface area contributed by atoms with Crippen molar-refractivity contribution < 1.29 is 0 Å². The molecule has 75 heavy (non-hydrogen) atoms. The molecule has 1 aliphatic heterocycles. The highest BCUT2D eigenvalue weighted by Crippen LogP contribution is 3.01. The van der Waals surface area contributed by atoms with E-state index in [-0.39, 0.29) is 15.6 Å². The molecule has 35 rings (SSSR count). The molecule has 22 aliphatic carbocycles. The minimum Gasteiger partial charge on any atom is -0.112 e. The van der Waals surface area contributed by atoms with Crippen LogP contribution in [-0.4, -0.2) is 0 Å². The van der Waals surface area contributed by atoms with Gasteiger partial charge in [-0.2, -0.15) is 0 Å². The third kappa shape index (κ3) is 1.76. The fourth-order valence-corrected chi connectivity index (χ4v) is 35.4. The third-order valence-corrected chi connectivity index (χ3v) is 33.8. The molecule has 12 aromatic carbocycles. The standard InChI is InChI=1S/C74H34S/c1-72(2,3)11-8-12-71(10-7-5-4-6-9(10)11)75-74-69-63-57-47-35-27-19-15-13-14-17-21(19)29(35)39-33-25(17)26-18(14)22-20-16(13)24-23(15)31-37(27)45-51-41(31)42-32(24)38-28(20)36-30(22)40-34(26)44-43(33)55(49(39)57)65(69)66-56(44)50(40)58-48(36)54-46(38)52(42)60-59(51)67(61(63)53(45)47)73(12,74)68(60)62(54)64(58)70(66)74/h4-8,15,17,19,21,23,25,31,33,41-44,52,56,60,62,64,66,68,70H,1-3H3. The summed E-state index contributed by atoms with van der Waals surface area (Å²) in [5.74, 6) is 12.9. The molecule has 1 saturated carbocycles. The lowest BCUT2D eigenvalue weighted by Gasteiger charge is -2.65. The molecule has 336 valence electrons. The van der Waals surface area contributed by atoms with E-state index in [1.807, 2.05) is 203 Å². The SMILES string of the molecule is CC(C)(C)c1cc2c(c3ccccc13)SC13c4c5c6c7c8c9c%10c%11c%12c%13c%14c%15c(c%16c%13c%10c7c4-%16)C21C1C%15C2c4c7c%10c%13c%15c%16c%17c%18c%19c%20c%21c%22c%23c(c4c4c%22c%19c%16c%104)C2C%14C%12C%23C%21C%11C9C%20C%18C8C6C%17C%15C5C3C%13C71. The highest BCUT2D eigenvalue weighted by molar-refractivity contribution is 8.01. The largest absolute Gasteiger partial charge is 0.112 e. The van der Waals surface area contributed by atoms with Crippen molar-refractivity contribution in [3.63, 3.8) is 0 Å². The second-order valence-corrected chi connectivity index (χ2v) is 33.5. The first kappa shape index (κ1) is 30.7. The van der Waals surface area contributed by atoms with Crippen molar-refractivity contribution in [1.29, 1.82) is 0 Å². The monoisotopic (exact) mass is 954 g/mol. The summed E-state index contributed by atoms with van der Waals surface area (Å²) in [7, 11) is 0. The van der Waals surface area contributed by atoms with Gasteiger partial charge in [0.15, 0.2) is 0 Å². The van der Waals surface area contributed by atoms with Gasteiger partial charge < -0.3 is 0 Å². The summed E-state index contributed by atoms with van der Waals surface area (Å²) in [5.41, 5.74) is 48.0. The van der Waals surface area contributed by atoms with Crippen LogP contribution in [0.2, 0.25) is 0 Å². The molecule has 0 bridgehead atoms. The van der Waals surface area contributed by atoms with Crippen molar-refractivity contribution in [2.45, 2.75) is 148 Å². The molecule has 0 aromatic heterocycles. The van der Waals surface area contributed by atoms with E-state index in [1.165, 1.54) is 0 Å². The van der Waals surface area contributed by atoms with Crippen LogP contribution >= 0.6 is 11.8 Å². The lowest BCUT2D eigenvalue weighted by Crippen LogP contribution is -2.62. The average Bonchev–Trinajstić information content (AvgIpc) is 4.39. The van der Waals surface area contributed by atoms with E-state index >= 15 is 0 Å². The van der Waals surface area contributed by atoms with Gasteiger partial charge in [0, 0.05) is 10.3 Å². The summed E-state index contributed by atoms with van der Waals surface area (Å²) in [4.78, 5) is 1.75.